The molecule has 0 fully saturated rings. The van der Waals surface area contributed by atoms with Crippen LogP contribution in [0.1, 0.15) is 19.7 Å². The highest BCUT2D eigenvalue weighted by molar-refractivity contribution is 4.82. The monoisotopic (exact) mass is 155 g/mol. The molecular formula is C7H13N3O. The largest absolute Gasteiger partial charge is 0.345 e. The van der Waals surface area contributed by atoms with Gasteiger partial charge < -0.3 is 0 Å². The van der Waals surface area contributed by atoms with Gasteiger partial charge in [0.05, 0.1) is 0 Å². The van der Waals surface area contributed by atoms with Gasteiger partial charge in [0.15, 0.2) is 0 Å². The Kier molecular flexibility index (Phi) is 2.12. The van der Waals surface area contributed by atoms with Gasteiger partial charge in [-0.3, -0.25) is 4.57 Å². The summed E-state index contributed by atoms with van der Waals surface area (Å²) < 4.78 is 3.13. The lowest BCUT2D eigenvalue weighted by atomic mass is 10.6. The molecule has 0 atom stereocenters. The van der Waals surface area contributed by atoms with E-state index in [0.29, 0.717) is 13.1 Å². The second-order valence-corrected chi connectivity index (χ2v) is 2.39. The van der Waals surface area contributed by atoms with Gasteiger partial charge in [-0.2, -0.15) is 5.10 Å². The lowest BCUT2D eigenvalue weighted by molar-refractivity contribution is 0.611. The van der Waals surface area contributed by atoms with Gasteiger partial charge in [-0.25, -0.2) is 9.48 Å². The zero-order valence-electron chi connectivity index (χ0n) is 7.16. The van der Waals surface area contributed by atoms with Gasteiger partial charge in [0.25, 0.3) is 0 Å². The summed E-state index contributed by atoms with van der Waals surface area (Å²) in [6.07, 6.45) is 0. The van der Waals surface area contributed by atoms with Crippen molar-refractivity contribution in [1.82, 2.24) is 14.3 Å². The molecule has 0 spiro atoms. The van der Waals surface area contributed by atoms with Gasteiger partial charge in [0, 0.05) is 13.1 Å². The second-order valence-electron chi connectivity index (χ2n) is 2.39. The van der Waals surface area contributed by atoms with E-state index < -0.39 is 0 Å². The van der Waals surface area contributed by atoms with Gasteiger partial charge in [-0.1, -0.05) is 0 Å². The topological polar surface area (TPSA) is 39.8 Å². The molecule has 1 rings (SSSR count). The highest BCUT2D eigenvalue weighted by atomic mass is 16.2. The Labute approximate surface area is 65.5 Å². The maximum Gasteiger partial charge on any atom is 0.345 e. The van der Waals surface area contributed by atoms with Crippen molar-refractivity contribution in [3.05, 3.63) is 16.3 Å². The molecule has 0 bridgehead atoms. The van der Waals surface area contributed by atoms with E-state index in [-0.39, 0.29) is 5.69 Å². The summed E-state index contributed by atoms with van der Waals surface area (Å²) in [7, 11) is 0. The van der Waals surface area contributed by atoms with E-state index in [1.54, 1.807) is 4.57 Å². The van der Waals surface area contributed by atoms with Gasteiger partial charge in [0.1, 0.15) is 5.82 Å². The third kappa shape index (κ3) is 1.20. The van der Waals surface area contributed by atoms with Crippen LogP contribution in [0.3, 0.4) is 0 Å². The minimum Gasteiger partial charge on any atom is -0.279 e. The molecule has 0 saturated carbocycles. The molecule has 4 nitrogen and oxygen atoms in total. The summed E-state index contributed by atoms with van der Waals surface area (Å²) in [6.45, 7) is 7.04. The third-order valence-electron chi connectivity index (χ3n) is 1.72. The number of aromatic nitrogens is 3. The van der Waals surface area contributed by atoms with Crippen molar-refractivity contribution in [2.45, 2.75) is 33.9 Å². The molecule has 0 aliphatic rings. The molecule has 4 heteroatoms. The van der Waals surface area contributed by atoms with Crippen LogP contribution in [0.5, 0.6) is 0 Å². The molecule has 1 heterocycles. The summed E-state index contributed by atoms with van der Waals surface area (Å²) in [4.78, 5) is 11.3. The average Bonchev–Trinajstić information content (AvgIpc) is 2.26. The zero-order valence-corrected chi connectivity index (χ0v) is 7.16. The van der Waals surface area contributed by atoms with Crippen molar-refractivity contribution >= 4 is 0 Å². The number of rotatable bonds is 2. The van der Waals surface area contributed by atoms with Crippen LogP contribution < -0.4 is 5.69 Å². The van der Waals surface area contributed by atoms with Crippen molar-refractivity contribution in [2.24, 2.45) is 0 Å². The quantitative estimate of drug-likeness (QED) is 0.620. The van der Waals surface area contributed by atoms with Crippen LogP contribution in [0.25, 0.3) is 0 Å². The molecule has 0 unspecified atom stereocenters. The first-order valence-corrected chi connectivity index (χ1v) is 3.85. The number of nitrogens with zero attached hydrogens (tertiary/aromatic N) is 3. The number of hydrogen-bond donors (Lipinski definition) is 0. The zero-order chi connectivity index (χ0) is 8.43. The van der Waals surface area contributed by atoms with Crippen LogP contribution in [0.15, 0.2) is 4.79 Å². The van der Waals surface area contributed by atoms with E-state index >= 15 is 0 Å². The molecule has 62 valence electrons. The smallest absolute Gasteiger partial charge is 0.279 e. The summed E-state index contributed by atoms with van der Waals surface area (Å²) >= 11 is 0. The molecule has 1 aromatic heterocycles. The molecule has 0 aliphatic carbocycles. The van der Waals surface area contributed by atoms with Crippen molar-refractivity contribution in [3.8, 4) is 0 Å². The fourth-order valence-corrected chi connectivity index (χ4v) is 1.12. The molecule has 0 radical (unpaired) electrons. The lowest BCUT2D eigenvalue weighted by Gasteiger charge is -1.92. The van der Waals surface area contributed by atoms with Crippen LogP contribution in [0, 0.1) is 6.92 Å². The maximum absolute atomic E-state index is 11.3. The normalized spacial score (nSPS) is 10.5. The molecular weight excluding hydrogens is 142 g/mol. The summed E-state index contributed by atoms with van der Waals surface area (Å²) in [5, 5.41) is 4.07. The number of aryl methyl sites for hydroxylation is 2. The minimum absolute atomic E-state index is 0.00694. The van der Waals surface area contributed by atoms with E-state index in [9.17, 15) is 4.79 Å². The first-order chi connectivity index (χ1) is 5.20. The van der Waals surface area contributed by atoms with E-state index in [1.807, 2.05) is 20.8 Å². The Morgan fingerprint density at radius 1 is 1.36 bits per heavy atom. The minimum atomic E-state index is -0.00694. The summed E-state index contributed by atoms with van der Waals surface area (Å²) in [5.74, 6) is 0.791. The summed E-state index contributed by atoms with van der Waals surface area (Å²) in [6, 6.07) is 0. The predicted molar refractivity (Wildman–Crippen MR) is 42.6 cm³/mol. The fourth-order valence-electron chi connectivity index (χ4n) is 1.12. The Morgan fingerprint density at radius 2 is 2.00 bits per heavy atom. The first kappa shape index (κ1) is 8.04. The second kappa shape index (κ2) is 2.90. The predicted octanol–water partition coefficient (Wildman–Crippen LogP) is 0.393. The molecule has 0 amide bonds. The van der Waals surface area contributed by atoms with Crippen LogP contribution in [-0.4, -0.2) is 14.3 Å². The van der Waals surface area contributed by atoms with Gasteiger partial charge in [-0.15, -0.1) is 0 Å². The van der Waals surface area contributed by atoms with E-state index in [4.69, 9.17) is 0 Å². The Bertz CT molecular complexity index is 297. The SMILES string of the molecule is CCn1nc(C)n(CC)c1=O. The maximum atomic E-state index is 11.3. The fraction of sp³-hybridized carbons (Fsp3) is 0.714. The standard InChI is InChI=1S/C7H13N3O/c1-4-9-6(3)8-10(5-2)7(9)11/h4-5H2,1-3H3. The van der Waals surface area contributed by atoms with Crippen LogP contribution in [0.4, 0.5) is 0 Å². The van der Waals surface area contributed by atoms with Gasteiger partial charge in [-0.05, 0) is 20.8 Å². The van der Waals surface area contributed by atoms with E-state index in [0.717, 1.165) is 5.82 Å². The molecule has 0 aromatic carbocycles. The molecule has 0 saturated heterocycles. The van der Waals surface area contributed by atoms with Crippen LogP contribution >= 0.6 is 0 Å². The highest BCUT2D eigenvalue weighted by Crippen LogP contribution is 1.88. The third-order valence-corrected chi connectivity index (χ3v) is 1.72. The summed E-state index contributed by atoms with van der Waals surface area (Å²) in [5.41, 5.74) is -0.00694. The average molecular weight is 155 g/mol. The van der Waals surface area contributed by atoms with Gasteiger partial charge in [0.2, 0.25) is 0 Å². The van der Waals surface area contributed by atoms with Crippen molar-refractivity contribution < 1.29 is 0 Å². The highest BCUT2D eigenvalue weighted by Gasteiger charge is 2.04. The molecule has 0 N–H and O–H groups in total. The van der Waals surface area contributed by atoms with E-state index in [1.165, 1.54) is 4.68 Å². The van der Waals surface area contributed by atoms with E-state index in [2.05, 4.69) is 5.10 Å². The van der Waals surface area contributed by atoms with Crippen LogP contribution in [0.2, 0.25) is 0 Å². The van der Waals surface area contributed by atoms with Crippen molar-refractivity contribution in [3.63, 3.8) is 0 Å². The first-order valence-electron chi connectivity index (χ1n) is 3.85. The Balaban J connectivity index is 3.25. The molecule has 0 aliphatic heterocycles. The lowest BCUT2D eigenvalue weighted by Crippen LogP contribution is -2.23. The van der Waals surface area contributed by atoms with Gasteiger partial charge >= 0.3 is 5.69 Å². The van der Waals surface area contributed by atoms with Crippen molar-refractivity contribution in [2.75, 3.05) is 0 Å². The Hall–Kier alpha value is -1.06. The molecule has 11 heavy (non-hydrogen) atoms. The van der Waals surface area contributed by atoms with Crippen LogP contribution in [-0.2, 0) is 13.1 Å². The Morgan fingerprint density at radius 3 is 2.27 bits per heavy atom. The molecule has 1 aromatic rings. The van der Waals surface area contributed by atoms with Crippen molar-refractivity contribution in [1.29, 1.82) is 0 Å². The number of hydrogen-bond acceptors (Lipinski definition) is 2.